The normalized spacial score (nSPS) is 11.3. The van der Waals surface area contributed by atoms with Crippen LogP contribution >= 0.6 is 11.3 Å². The van der Waals surface area contributed by atoms with Gasteiger partial charge in [-0.3, -0.25) is 4.79 Å². The Labute approximate surface area is 184 Å². The number of benzene rings is 2. The molecule has 0 saturated heterocycles. The molecule has 0 aliphatic carbocycles. The number of carbonyl (C=O) groups is 2. The molecule has 0 spiro atoms. The number of pyridine rings is 1. The van der Waals surface area contributed by atoms with Crippen LogP contribution in [0.15, 0.2) is 72.1 Å². The van der Waals surface area contributed by atoms with Gasteiger partial charge in [-0.15, -0.1) is 11.3 Å². The first-order chi connectivity index (χ1) is 15.3. The van der Waals surface area contributed by atoms with Gasteiger partial charge in [-0.1, -0.05) is 24.3 Å². The number of hydrogen-bond donors (Lipinski definition) is 1. The molecule has 162 valence electrons. The molecule has 0 radical (unpaired) electrons. The lowest BCUT2D eigenvalue weighted by Gasteiger charge is -2.11. The van der Waals surface area contributed by atoms with Gasteiger partial charge in [0.2, 0.25) is 0 Å². The van der Waals surface area contributed by atoms with Crippen molar-refractivity contribution < 1.29 is 27.5 Å². The van der Waals surface area contributed by atoms with Gasteiger partial charge in [-0.2, -0.15) is 13.2 Å². The Morgan fingerprint density at radius 1 is 1.00 bits per heavy atom. The summed E-state index contributed by atoms with van der Waals surface area (Å²) in [5, 5.41) is 4.89. The molecule has 0 fully saturated rings. The zero-order chi connectivity index (χ0) is 22.7. The first-order valence-electron chi connectivity index (χ1n) is 9.39. The lowest BCUT2D eigenvalue weighted by Crippen LogP contribution is -2.21. The molecule has 4 rings (SSSR count). The van der Waals surface area contributed by atoms with E-state index in [0.29, 0.717) is 16.6 Å². The fourth-order valence-corrected chi connectivity index (χ4v) is 3.73. The van der Waals surface area contributed by atoms with Gasteiger partial charge >= 0.3 is 12.1 Å². The fourth-order valence-electron chi connectivity index (χ4n) is 3.04. The molecule has 2 aromatic carbocycles. The Morgan fingerprint density at radius 2 is 1.75 bits per heavy atom. The van der Waals surface area contributed by atoms with E-state index in [1.54, 1.807) is 30.3 Å². The number of alkyl halides is 3. The smallest absolute Gasteiger partial charge is 0.416 e. The van der Waals surface area contributed by atoms with E-state index in [1.807, 2.05) is 17.5 Å². The molecule has 0 unspecified atom stereocenters. The minimum Gasteiger partial charge on any atom is -0.452 e. The number of nitrogens with one attached hydrogen (secondary N) is 1. The minimum absolute atomic E-state index is 0.161. The summed E-state index contributed by atoms with van der Waals surface area (Å²) in [5.41, 5.74) is 0.821. The molecule has 32 heavy (non-hydrogen) atoms. The van der Waals surface area contributed by atoms with Crippen molar-refractivity contribution in [2.24, 2.45) is 0 Å². The van der Waals surface area contributed by atoms with Gasteiger partial charge in [-0.25, -0.2) is 9.78 Å². The summed E-state index contributed by atoms with van der Waals surface area (Å²) in [6.45, 7) is -0.592. The number of amides is 1. The van der Waals surface area contributed by atoms with Crippen molar-refractivity contribution in [3.8, 4) is 10.6 Å². The van der Waals surface area contributed by atoms with Gasteiger partial charge in [0.15, 0.2) is 6.61 Å². The molecule has 0 bridgehead atoms. The van der Waals surface area contributed by atoms with Crippen molar-refractivity contribution in [3.05, 3.63) is 83.2 Å². The average Bonchev–Trinajstić information content (AvgIpc) is 3.31. The van der Waals surface area contributed by atoms with Crippen molar-refractivity contribution >= 4 is 39.8 Å². The Kier molecular flexibility index (Phi) is 5.91. The van der Waals surface area contributed by atoms with Crippen LogP contribution in [-0.4, -0.2) is 23.5 Å². The Hall–Kier alpha value is -3.72. The summed E-state index contributed by atoms with van der Waals surface area (Å²) in [7, 11) is 0. The third-order valence-electron chi connectivity index (χ3n) is 4.54. The largest absolute Gasteiger partial charge is 0.452 e. The van der Waals surface area contributed by atoms with Gasteiger partial charge in [0.1, 0.15) is 0 Å². The van der Waals surface area contributed by atoms with Crippen LogP contribution in [0.25, 0.3) is 21.5 Å². The molecule has 0 aliphatic rings. The van der Waals surface area contributed by atoms with E-state index in [2.05, 4.69) is 10.3 Å². The maximum Gasteiger partial charge on any atom is 0.416 e. The second kappa shape index (κ2) is 8.80. The number of halogens is 3. The van der Waals surface area contributed by atoms with Crippen LogP contribution in [0.5, 0.6) is 0 Å². The third kappa shape index (κ3) is 4.78. The number of fused-ring (bicyclic) bond motifs is 1. The first-order valence-corrected chi connectivity index (χ1v) is 10.3. The number of aromatic nitrogens is 1. The number of thiophene rings is 1. The van der Waals surface area contributed by atoms with Gasteiger partial charge in [0.05, 0.1) is 27.2 Å². The van der Waals surface area contributed by atoms with Gasteiger partial charge in [-0.05, 0) is 47.8 Å². The van der Waals surface area contributed by atoms with E-state index in [-0.39, 0.29) is 11.3 Å². The summed E-state index contributed by atoms with van der Waals surface area (Å²) < 4.78 is 43.1. The van der Waals surface area contributed by atoms with Gasteiger partial charge in [0.25, 0.3) is 5.91 Å². The molecule has 2 heterocycles. The van der Waals surface area contributed by atoms with Crippen LogP contribution in [0.3, 0.4) is 0 Å². The van der Waals surface area contributed by atoms with Crippen LogP contribution in [0.4, 0.5) is 18.9 Å². The molecule has 0 atom stereocenters. The summed E-state index contributed by atoms with van der Waals surface area (Å²) in [4.78, 5) is 30.3. The topological polar surface area (TPSA) is 68.3 Å². The number of esters is 1. The van der Waals surface area contributed by atoms with E-state index >= 15 is 0 Å². The predicted octanol–water partition coefficient (Wildman–Crippen LogP) is 5.78. The van der Waals surface area contributed by atoms with Crippen molar-refractivity contribution in [1.82, 2.24) is 4.98 Å². The molecule has 0 saturated carbocycles. The van der Waals surface area contributed by atoms with E-state index in [0.717, 1.165) is 29.1 Å². The molecule has 4 aromatic rings. The second-order valence-corrected chi connectivity index (χ2v) is 7.70. The number of anilines is 1. The Morgan fingerprint density at radius 3 is 2.44 bits per heavy atom. The zero-order valence-corrected chi connectivity index (χ0v) is 17.2. The monoisotopic (exact) mass is 456 g/mol. The third-order valence-corrected chi connectivity index (χ3v) is 5.43. The average molecular weight is 456 g/mol. The SMILES string of the molecule is O=C(COC(=O)c1cc(-c2cccs2)nc2ccccc12)Nc1ccc(C(F)(F)F)cc1. The highest BCUT2D eigenvalue weighted by atomic mass is 32.1. The highest BCUT2D eigenvalue weighted by Gasteiger charge is 2.30. The molecule has 9 heteroatoms. The summed E-state index contributed by atoms with van der Waals surface area (Å²) in [6.07, 6.45) is -4.46. The maximum atomic E-state index is 12.7. The number of para-hydroxylation sites is 1. The van der Waals surface area contributed by atoms with Crippen molar-refractivity contribution in [3.63, 3.8) is 0 Å². The number of nitrogens with zero attached hydrogens (tertiary/aromatic N) is 1. The van der Waals surface area contributed by atoms with E-state index in [9.17, 15) is 22.8 Å². The van der Waals surface area contributed by atoms with Crippen LogP contribution in [0.2, 0.25) is 0 Å². The highest BCUT2D eigenvalue weighted by molar-refractivity contribution is 7.13. The lowest BCUT2D eigenvalue weighted by molar-refractivity contribution is -0.137. The summed E-state index contributed by atoms with van der Waals surface area (Å²) in [6, 6.07) is 16.4. The van der Waals surface area contributed by atoms with Crippen LogP contribution in [-0.2, 0) is 15.7 Å². The standard InChI is InChI=1S/C23H15F3N2O3S/c24-23(25,26)14-7-9-15(10-8-14)27-21(29)13-31-22(30)17-12-19(20-6-3-11-32-20)28-18-5-2-1-4-16(17)18/h1-12H,13H2,(H,27,29). The second-order valence-electron chi connectivity index (χ2n) is 6.75. The Bertz CT molecular complexity index is 1270. The van der Waals surface area contributed by atoms with Gasteiger partial charge < -0.3 is 10.1 Å². The highest BCUT2D eigenvalue weighted by Crippen LogP contribution is 2.30. The summed E-state index contributed by atoms with van der Waals surface area (Å²) >= 11 is 1.48. The van der Waals surface area contributed by atoms with Crippen LogP contribution < -0.4 is 5.32 Å². The Balaban J connectivity index is 1.47. The fraction of sp³-hybridized carbons (Fsp3) is 0.0870. The number of carbonyl (C=O) groups excluding carboxylic acids is 2. The summed E-state index contributed by atoms with van der Waals surface area (Å²) in [5.74, 6) is -1.38. The van der Waals surface area contributed by atoms with Crippen LogP contribution in [0.1, 0.15) is 15.9 Å². The number of rotatable bonds is 5. The molecule has 1 N–H and O–H groups in total. The lowest BCUT2D eigenvalue weighted by atomic mass is 10.1. The van der Waals surface area contributed by atoms with Crippen molar-refractivity contribution in [1.29, 1.82) is 0 Å². The molecule has 5 nitrogen and oxygen atoms in total. The number of ether oxygens (including phenoxy) is 1. The van der Waals surface area contributed by atoms with E-state index in [1.165, 1.54) is 11.3 Å². The number of hydrogen-bond acceptors (Lipinski definition) is 5. The van der Waals surface area contributed by atoms with E-state index in [4.69, 9.17) is 4.74 Å². The van der Waals surface area contributed by atoms with E-state index < -0.39 is 30.2 Å². The van der Waals surface area contributed by atoms with Crippen molar-refractivity contribution in [2.75, 3.05) is 11.9 Å². The molecular weight excluding hydrogens is 441 g/mol. The molecule has 2 aromatic heterocycles. The molecular formula is C23H15F3N2O3S. The van der Waals surface area contributed by atoms with Crippen molar-refractivity contribution in [2.45, 2.75) is 6.18 Å². The molecule has 1 amide bonds. The maximum absolute atomic E-state index is 12.7. The first kappa shape index (κ1) is 21.5. The quantitative estimate of drug-likeness (QED) is 0.387. The molecule has 0 aliphatic heterocycles. The minimum atomic E-state index is -4.46. The van der Waals surface area contributed by atoms with Gasteiger partial charge in [0, 0.05) is 11.1 Å². The van der Waals surface area contributed by atoms with Crippen LogP contribution in [0, 0.1) is 0 Å². The zero-order valence-electron chi connectivity index (χ0n) is 16.3. The predicted molar refractivity (Wildman–Crippen MR) is 115 cm³/mol.